The molecule has 0 radical (unpaired) electrons. The van der Waals surface area contributed by atoms with E-state index in [1.54, 1.807) is 24.3 Å². The van der Waals surface area contributed by atoms with Gasteiger partial charge in [0, 0.05) is 11.0 Å². The third-order valence-electron chi connectivity index (χ3n) is 2.20. The van der Waals surface area contributed by atoms with Crippen LogP contribution in [0.3, 0.4) is 0 Å². The number of hydrogen-bond donors (Lipinski definition) is 2. The highest BCUT2D eigenvalue weighted by atomic mass is 32.1. The first-order valence-corrected chi connectivity index (χ1v) is 6.68. The van der Waals surface area contributed by atoms with Crippen LogP contribution in [0.25, 0.3) is 0 Å². The number of benzene rings is 1. The minimum Gasteiger partial charge on any atom is -0.490 e. The molecule has 1 aromatic rings. The average molecular weight is 311 g/mol. The standard InChI is InChI=1S/C14H17NO5S/c1-2-13(16)19-8-7-15-14(17)20-10-9-18-11-3-5-12(21)6-4-11/h2-6,21H,1,7-10H2,(H,15,17). The van der Waals surface area contributed by atoms with Crippen LogP contribution in [-0.2, 0) is 14.3 Å². The molecule has 0 atom stereocenters. The molecule has 0 fully saturated rings. The molecule has 0 aliphatic carbocycles. The van der Waals surface area contributed by atoms with E-state index in [-0.39, 0.29) is 26.4 Å². The van der Waals surface area contributed by atoms with Crippen LogP contribution in [-0.4, -0.2) is 38.4 Å². The highest BCUT2D eigenvalue weighted by Gasteiger charge is 2.02. The van der Waals surface area contributed by atoms with E-state index < -0.39 is 12.1 Å². The van der Waals surface area contributed by atoms with Gasteiger partial charge in [-0.3, -0.25) is 0 Å². The maximum Gasteiger partial charge on any atom is 0.407 e. The van der Waals surface area contributed by atoms with Gasteiger partial charge in [0.2, 0.25) is 0 Å². The number of nitrogens with one attached hydrogen (secondary N) is 1. The molecule has 1 N–H and O–H groups in total. The average Bonchev–Trinajstić information content (AvgIpc) is 2.49. The summed E-state index contributed by atoms with van der Waals surface area (Å²) in [5.41, 5.74) is 0. The van der Waals surface area contributed by atoms with Gasteiger partial charge in [-0.25, -0.2) is 9.59 Å². The second kappa shape index (κ2) is 9.71. The number of alkyl carbamates (subject to hydrolysis) is 1. The number of hydrogen-bond acceptors (Lipinski definition) is 6. The molecule has 0 aliphatic rings. The lowest BCUT2D eigenvalue weighted by Gasteiger charge is -2.08. The Morgan fingerprint density at radius 1 is 1.14 bits per heavy atom. The summed E-state index contributed by atoms with van der Waals surface area (Å²) in [6, 6.07) is 7.15. The van der Waals surface area contributed by atoms with E-state index in [0.29, 0.717) is 5.75 Å². The molecule has 0 aliphatic heterocycles. The van der Waals surface area contributed by atoms with Crippen molar-refractivity contribution >= 4 is 24.7 Å². The normalized spacial score (nSPS) is 9.57. The van der Waals surface area contributed by atoms with Gasteiger partial charge in [0.05, 0.1) is 6.54 Å². The van der Waals surface area contributed by atoms with E-state index >= 15 is 0 Å². The molecule has 1 aromatic carbocycles. The monoisotopic (exact) mass is 311 g/mol. The summed E-state index contributed by atoms with van der Waals surface area (Å²) in [5.74, 6) is 0.138. The predicted molar refractivity (Wildman–Crippen MR) is 79.7 cm³/mol. The minimum atomic E-state index is -0.598. The van der Waals surface area contributed by atoms with Gasteiger partial charge >= 0.3 is 12.1 Å². The van der Waals surface area contributed by atoms with Crippen molar-refractivity contribution < 1.29 is 23.8 Å². The van der Waals surface area contributed by atoms with Crippen LogP contribution in [0.2, 0.25) is 0 Å². The molecule has 1 amide bonds. The highest BCUT2D eigenvalue weighted by Crippen LogP contribution is 2.13. The number of thiol groups is 1. The van der Waals surface area contributed by atoms with Gasteiger partial charge in [0.25, 0.3) is 0 Å². The van der Waals surface area contributed by atoms with E-state index in [9.17, 15) is 9.59 Å². The van der Waals surface area contributed by atoms with Crippen molar-refractivity contribution in [3.63, 3.8) is 0 Å². The second-order valence-electron chi connectivity index (χ2n) is 3.78. The minimum absolute atomic E-state index is 0.0620. The van der Waals surface area contributed by atoms with Crippen molar-refractivity contribution in [2.75, 3.05) is 26.4 Å². The molecule has 0 spiro atoms. The van der Waals surface area contributed by atoms with Gasteiger partial charge in [0.15, 0.2) is 0 Å². The zero-order valence-electron chi connectivity index (χ0n) is 11.4. The van der Waals surface area contributed by atoms with Gasteiger partial charge in [-0.15, -0.1) is 12.6 Å². The van der Waals surface area contributed by atoms with Crippen molar-refractivity contribution in [3.8, 4) is 5.75 Å². The van der Waals surface area contributed by atoms with Crippen molar-refractivity contribution in [1.82, 2.24) is 5.32 Å². The molecule has 0 saturated carbocycles. The Labute approximate surface area is 128 Å². The van der Waals surface area contributed by atoms with Gasteiger partial charge in [-0.2, -0.15) is 0 Å². The van der Waals surface area contributed by atoms with Crippen molar-refractivity contribution in [2.45, 2.75) is 4.90 Å². The van der Waals surface area contributed by atoms with Crippen LogP contribution in [0.1, 0.15) is 0 Å². The number of carbonyl (C=O) groups excluding carboxylic acids is 2. The quantitative estimate of drug-likeness (QED) is 0.331. The summed E-state index contributed by atoms with van der Waals surface area (Å²) in [6.07, 6.45) is 0.453. The number of ether oxygens (including phenoxy) is 3. The Kier molecular flexibility index (Phi) is 7.81. The molecule has 6 nitrogen and oxygen atoms in total. The van der Waals surface area contributed by atoms with Crippen LogP contribution < -0.4 is 10.1 Å². The smallest absolute Gasteiger partial charge is 0.407 e. The molecular weight excluding hydrogens is 294 g/mol. The molecule has 0 aromatic heterocycles. The Morgan fingerprint density at radius 2 is 1.86 bits per heavy atom. The predicted octanol–water partition coefficient (Wildman–Crippen LogP) is 1.81. The molecule has 21 heavy (non-hydrogen) atoms. The fourth-order valence-electron chi connectivity index (χ4n) is 1.25. The van der Waals surface area contributed by atoms with Gasteiger partial charge < -0.3 is 19.5 Å². The largest absolute Gasteiger partial charge is 0.490 e. The number of carbonyl (C=O) groups is 2. The Morgan fingerprint density at radius 3 is 2.52 bits per heavy atom. The summed E-state index contributed by atoms with van der Waals surface area (Å²) in [5, 5.41) is 2.43. The molecule has 0 saturated heterocycles. The first-order chi connectivity index (χ1) is 10.1. The molecule has 1 rings (SSSR count). The molecule has 7 heteroatoms. The molecule has 114 valence electrons. The van der Waals surface area contributed by atoms with Crippen molar-refractivity contribution in [2.24, 2.45) is 0 Å². The van der Waals surface area contributed by atoms with Gasteiger partial charge in [-0.1, -0.05) is 6.58 Å². The lowest BCUT2D eigenvalue weighted by Crippen LogP contribution is -2.29. The SMILES string of the molecule is C=CC(=O)OCCNC(=O)OCCOc1ccc(S)cc1. The third-order valence-corrected chi connectivity index (χ3v) is 2.50. The van der Waals surface area contributed by atoms with E-state index in [0.717, 1.165) is 11.0 Å². The van der Waals surface area contributed by atoms with E-state index in [4.69, 9.17) is 9.47 Å². The highest BCUT2D eigenvalue weighted by molar-refractivity contribution is 7.80. The molecule has 0 bridgehead atoms. The fraction of sp³-hybridized carbons (Fsp3) is 0.286. The van der Waals surface area contributed by atoms with E-state index in [2.05, 4.69) is 29.3 Å². The first-order valence-electron chi connectivity index (χ1n) is 6.23. The number of amides is 1. The number of rotatable bonds is 8. The zero-order chi connectivity index (χ0) is 15.5. The molecular formula is C14H17NO5S. The lowest BCUT2D eigenvalue weighted by molar-refractivity contribution is -0.137. The van der Waals surface area contributed by atoms with Crippen LogP contribution in [0.15, 0.2) is 41.8 Å². The van der Waals surface area contributed by atoms with Crippen LogP contribution >= 0.6 is 12.6 Å². The maximum atomic E-state index is 11.3. The van der Waals surface area contributed by atoms with Crippen LogP contribution in [0, 0.1) is 0 Å². The summed E-state index contributed by atoms with van der Waals surface area (Å²) in [6.45, 7) is 3.83. The Balaban J connectivity index is 2.04. The summed E-state index contributed by atoms with van der Waals surface area (Å²) in [4.78, 5) is 22.8. The fourth-order valence-corrected chi connectivity index (χ4v) is 1.40. The van der Waals surface area contributed by atoms with Gasteiger partial charge in [0.1, 0.15) is 25.6 Å². The zero-order valence-corrected chi connectivity index (χ0v) is 12.3. The summed E-state index contributed by atoms with van der Waals surface area (Å²) < 4.78 is 14.9. The van der Waals surface area contributed by atoms with E-state index in [1.807, 2.05) is 0 Å². The molecule has 0 unspecified atom stereocenters. The maximum absolute atomic E-state index is 11.3. The topological polar surface area (TPSA) is 73.9 Å². The van der Waals surface area contributed by atoms with Gasteiger partial charge in [-0.05, 0) is 24.3 Å². The Bertz CT molecular complexity index is 475. The van der Waals surface area contributed by atoms with Crippen molar-refractivity contribution in [1.29, 1.82) is 0 Å². The number of esters is 1. The first kappa shape index (κ1) is 16.9. The summed E-state index contributed by atoms with van der Waals surface area (Å²) >= 11 is 4.16. The lowest BCUT2D eigenvalue weighted by atomic mass is 10.3. The Hall–Kier alpha value is -2.15. The molecule has 0 heterocycles. The van der Waals surface area contributed by atoms with Crippen LogP contribution in [0.5, 0.6) is 5.75 Å². The van der Waals surface area contributed by atoms with E-state index in [1.165, 1.54) is 0 Å². The third kappa shape index (κ3) is 7.88. The van der Waals surface area contributed by atoms with Crippen molar-refractivity contribution in [3.05, 3.63) is 36.9 Å². The van der Waals surface area contributed by atoms with Crippen LogP contribution in [0.4, 0.5) is 4.79 Å². The summed E-state index contributed by atoms with van der Waals surface area (Å²) in [7, 11) is 0. The second-order valence-corrected chi connectivity index (χ2v) is 4.29.